The lowest BCUT2D eigenvalue weighted by Gasteiger charge is -2.34. The van der Waals surface area contributed by atoms with Crippen LogP contribution < -0.4 is 0 Å². The van der Waals surface area contributed by atoms with Crippen molar-refractivity contribution < 1.29 is 18.6 Å². The molecule has 3 aromatic rings. The first kappa shape index (κ1) is 20.1. The molecule has 0 aliphatic carbocycles. The van der Waals surface area contributed by atoms with Crippen LogP contribution in [0.5, 0.6) is 11.5 Å². The van der Waals surface area contributed by atoms with Gasteiger partial charge in [0.1, 0.15) is 16.4 Å². The number of rotatable bonds is 4. The van der Waals surface area contributed by atoms with Gasteiger partial charge in [0, 0.05) is 31.3 Å². The first-order valence-electron chi connectivity index (χ1n) is 9.61. The van der Waals surface area contributed by atoms with Crippen molar-refractivity contribution in [2.75, 3.05) is 13.1 Å². The summed E-state index contributed by atoms with van der Waals surface area (Å²) in [5.74, 6) is -0.681. The zero-order valence-electron chi connectivity index (χ0n) is 16.2. The highest BCUT2D eigenvalue weighted by Crippen LogP contribution is 2.36. The smallest absolute Gasteiger partial charge is 0.247 e. The van der Waals surface area contributed by atoms with Gasteiger partial charge in [-0.25, -0.2) is 8.42 Å². The zero-order chi connectivity index (χ0) is 21.1. The number of hydrogen-bond donors (Lipinski definition) is 2. The molecule has 0 amide bonds. The Balaban J connectivity index is 1.73. The molecule has 0 radical (unpaired) electrons. The number of aromatic nitrogens is 1. The summed E-state index contributed by atoms with van der Waals surface area (Å²) in [6, 6.07) is 18.9. The molecule has 6 nitrogen and oxygen atoms in total. The van der Waals surface area contributed by atoms with Gasteiger partial charge in [-0.1, -0.05) is 42.0 Å². The van der Waals surface area contributed by atoms with E-state index in [1.165, 1.54) is 16.4 Å². The summed E-state index contributed by atoms with van der Waals surface area (Å²) in [6.45, 7) is 0.509. The van der Waals surface area contributed by atoms with Crippen LogP contribution in [0.1, 0.15) is 23.6 Å². The predicted octanol–water partition coefficient (Wildman–Crippen LogP) is 3.75. The monoisotopic (exact) mass is 422 g/mol. The number of phenolic OH excluding ortho intramolecular Hbond substituents is 2. The maximum absolute atomic E-state index is 13.3. The van der Waals surface area contributed by atoms with Gasteiger partial charge in [0.25, 0.3) is 0 Å². The summed E-state index contributed by atoms with van der Waals surface area (Å²) in [4.78, 5) is 4.11. The maximum Gasteiger partial charge on any atom is 0.247 e. The third-order valence-corrected chi connectivity index (χ3v) is 7.04. The Kier molecular flexibility index (Phi) is 5.57. The normalized spacial score (nSPS) is 19.1. The van der Waals surface area contributed by atoms with E-state index >= 15 is 0 Å². The topological polar surface area (TPSA) is 90.7 Å². The Labute approximate surface area is 175 Å². The zero-order valence-corrected chi connectivity index (χ0v) is 17.0. The molecule has 2 aromatic carbocycles. The van der Waals surface area contributed by atoms with E-state index in [1.807, 2.05) is 54.6 Å². The van der Waals surface area contributed by atoms with Gasteiger partial charge in [-0.15, -0.1) is 0 Å². The van der Waals surface area contributed by atoms with Crippen molar-refractivity contribution in [3.63, 3.8) is 0 Å². The SMILES string of the molecule is O=S(=O)(c1ccc(O)cc1O)N1CC(=Cc2ccccn2)CC(c2ccccc2)C1. The first-order chi connectivity index (χ1) is 14.4. The summed E-state index contributed by atoms with van der Waals surface area (Å²) in [5.41, 5.74) is 2.76. The van der Waals surface area contributed by atoms with Gasteiger partial charge in [-0.05, 0) is 42.3 Å². The van der Waals surface area contributed by atoms with Crippen LogP contribution >= 0.6 is 0 Å². The van der Waals surface area contributed by atoms with Crippen molar-refractivity contribution in [2.45, 2.75) is 17.2 Å². The van der Waals surface area contributed by atoms with E-state index < -0.39 is 15.8 Å². The van der Waals surface area contributed by atoms with Crippen LogP contribution in [0, 0.1) is 0 Å². The van der Waals surface area contributed by atoms with Crippen LogP contribution in [0.2, 0.25) is 0 Å². The fraction of sp³-hybridized carbons (Fsp3) is 0.174. The van der Waals surface area contributed by atoms with E-state index in [9.17, 15) is 18.6 Å². The number of benzene rings is 2. The summed E-state index contributed by atoms with van der Waals surface area (Å²) in [7, 11) is -3.96. The molecule has 0 bridgehead atoms. The molecular weight excluding hydrogens is 400 g/mol. The third kappa shape index (κ3) is 4.22. The highest BCUT2D eigenvalue weighted by atomic mass is 32.2. The third-order valence-electron chi connectivity index (χ3n) is 5.18. The fourth-order valence-corrected chi connectivity index (χ4v) is 5.31. The molecule has 2 heterocycles. The van der Waals surface area contributed by atoms with E-state index in [4.69, 9.17) is 0 Å². The highest BCUT2D eigenvalue weighted by Gasteiger charge is 2.34. The van der Waals surface area contributed by atoms with Crippen molar-refractivity contribution in [3.8, 4) is 11.5 Å². The molecule has 1 aliphatic heterocycles. The Morgan fingerprint density at radius 2 is 1.77 bits per heavy atom. The summed E-state index contributed by atoms with van der Waals surface area (Å²) >= 11 is 0. The van der Waals surface area contributed by atoms with E-state index in [0.717, 1.165) is 22.9 Å². The minimum Gasteiger partial charge on any atom is -0.508 e. The van der Waals surface area contributed by atoms with E-state index in [-0.39, 0.29) is 23.1 Å². The van der Waals surface area contributed by atoms with Crippen LogP contribution in [0.3, 0.4) is 0 Å². The summed E-state index contributed by atoms with van der Waals surface area (Å²) in [6.07, 6.45) is 4.34. The highest BCUT2D eigenvalue weighted by molar-refractivity contribution is 7.89. The number of hydrogen-bond acceptors (Lipinski definition) is 5. The van der Waals surface area contributed by atoms with Crippen molar-refractivity contribution in [3.05, 3.63) is 89.8 Å². The average Bonchev–Trinajstić information content (AvgIpc) is 2.74. The molecule has 0 saturated carbocycles. The lowest BCUT2D eigenvalue weighted by atomic mass is 9.88. The molecular formula is C23H22N2O4S. The Hall–Kier alpha value is -3.16. The van der Waals surface area contributed by atoms with Crippen LogP contribution in [0.25, 0.3) is 6.08 Å². The first-order valence-corrected chi connectivity index (χ1v) is 11.0. The fourth-order valence-electron chi connectivity index (χ4n) is 3.75. The van der Waals surface area contributed by atoms with Gasteiger partial charge < -0.3 is 10.2 Å². The van der Waals surface area contributed by atoms with Crippen LogP contribution in [0.15, 0.2) is 83.4 Å². The molecule has 2 N–H and O–H groups in total. The number of aromatic hydroxyl groups is 2. The molecule has 7 heteroatoms. The van der Waals surface area contributed by atoms with E-state index in [1.54, 1.807) is 6.20 Å². The van der Waals surface area contributed by atoms with Crippen molar-refractivity contribution >= 4 is 16.1 Å². The second-order valence-corrected chi connectivity index (χ2v) is 9.22. The van der Waals surface area contributed by atoms with Crippen LogP contribution in [-0.2, 0) is 10.0 Å². The summed E-state index contributed by atoms with van der Waals surface area (Å²) < 4.78 is 28.1. The molecule has 1 aromatic heterocycles. The minimum atomic E-state index is -3.96. The number of piperidine rings is 1. The molecule has 1 fully saturated rings. The number of sulfonamides is 1. The molecule has 1 aliphatic rings. The van der Waals surface area contributed by atoms with E-state index in [0.29, 0.717) is 13.0 Å². The molecule has 30 heavy (non-hydrogen) atoms. The van der Waals surface area contributed by atoms with Gasteiger partial charge >= 0.3 is 0 Å². The Bertz CT molecular complexity index is 1160. The van der Waals surface area contributed by atoms with Gasteiger partial charge in [0.05, 0.1) is 5.69 Å². The Morgan fingerprint density at radius 1 is 1.00 bits per heavy atom. The largest absolute Gasteiger partial charge is 0.508 e. The molecule has 1 unspecified atom stereocenters. The van der Waals surface area contributed by atoms with Crippen molar-refractivity contribution in [1.29, 1.82) is 0 Å². The number of phenols is 2. The van der Waals surface area contributed by atoms with Crippen LogP contribution in [0.4, 0.5) is 0 Å². The van der Waals surface area contributed by atoms with Gasteiger partial charge in [-0.2, -0.15) is 4.31 Å². The standard InChI is InChI=1S/C23H22N2O4S/c26-21-9-10-23(22(27)14-21)30(28,29)25-15-17(13-20-8-4-5-11-24-20)12-19(16-25)18-6-2-1-3-7-18/h1-11,13-14,19,26-27H,12,15-16H2. The van der Waals surface area contributed by atoms with Gasteiger partial charge in [0.2, 0.25) is 10.0 Å². The minimum absolute atomic E-state index is 0.0241. The number of nitrogens with zero attached hydrogens (tertiary/aromatic N) is 2. The number of pyridine rings is 1. The predicted molar refractivity (Wildman–Crippen MR) is 115 cm³/mol. The summed E-state index contributed by atoms with van der Waals surface area (Å²) in [5, 5.41) is 19.7. The maximum atomic E-state index is 13.3. The van der Waals surface area contributed by atoms with Crippen molar-refractivity contribution in [1.82, 2.24) is 9.29 Å². The molecule has 0 spiro atoms. The second kappa shape index (κ2) is 8.30. The molecule has 1 atom stereocenters. The molecule has 154 valence electrons. The van der Waals surface area contributed by atoms with E-state index in [2.05, 4.69) is 4.98 Å². The Morgan fingerprint density at radius 3 is 2.47 bits per heavy atom. The van der Waals surface area contributed by atoms with Gasteiger partial charge in [-0.3, -0.25) is 4.98 Å². The second-order valence-electron chi connectivity index (χ2n) is 7.32. The van der Waals surface area contributed by atoms with Crippen molar-refractivity contribution in [2.24, 2.45) is 0 Å². The quantitative estimate of drug-likeness (QED) is 0.668. The molecule has 1 saturated heterocycles. The average molecular weight is 423 g/mol. The van der Waals surface area contributed by atoms with Crippen LogP contribution in [-0.4, -0.2) is 41.0 Å². The molecule has 4 rings (SSSR count). The lowest BCUT2D eigenvalue weighted by Crippen LogP contribution is -2.40. The van der Waals surface area contributed by atoms with Gasteiger partial charge in [0.15, 0.2) is 0 Å². The lowest BCUT2D eigenvalue weighted by molar-refractivity contribution is 0.362.